The van der Waals surface area contributed by atoms with Gasteiger partial charge in [-0.1, -0.05) is 54.6 Å². The number of hydrogen-bond donors (Lipinski definition) is 1. The van der Waals surface area contributed by atoms with E-state index in [4.69, 9.17) is 0 Å². The first-order valence-corrected chi connectivity index (χ1v) is 6.58. The quantitative estimate of drug-likeness (QED) is 0.736. The Morgan fingerprint density at radius 1 is 1.11 bits per heavy atom. The summed E-state index contributed by atoms with van der Waals surface area (Å²) in [5.41, 5.74) is 9.41. The molecule has 94 valence electrons. The van der Waals surface area contributed by atoms with Gasteiger partial charge in [0.1, 0.15) is 0 Å². The first-order valence-electron chi connectivity index (χ1n) is 6.58. The van der Waals surface area contributed by atoms with Gasteiger partial charge in [0.15, 0.2) is 0 Å². The molecule has 2 aromatic carbocycles. The number of rotatable bonds is 1. The summed E-state index contributed by atoms with van der Waals surface area (Å²) < 4.78 is 0. The molecule has 0 fully saturated rings. The molecular formula is C18H17N. The van der Waals surface area contributed by atoms with Gasteiger partial charge in [0.2, 0.25) is 0 Å². The predicted octanol–water partition coefficient (Wildman–Crippen LogP) is 4.42. The summed E-state index contributed by atoms with van der Waals surface area (Å²) in [6.07, 6.45) is 0.922. The molecule has 0 aromatic heterocycles. The van der Waals surface area contributed by atoms with Crippen LogP contribution in [-0.4, -0.2) is 0 Å². The summed E-state index contributed by atoms with van der Waals surface area (Å²) in [5, 5.41) is 3.59. The van der Waals surface area contributed by atoms with Crippen molar-refractivity contribution in [1.82, 2.24) is 0 Å². The Bertz CT molecular complexity index is 646. The molecule has 3 rings (SSSR count). The largest absolute Gasteiger partial charge is 0.374 e. The lowest BCUT2D eigenvalue weighted by Gasteiger charge is -2.29. The zero-order chi connectivity index (χ0) is 13.2. The van der Waals surface area contributed by atoms with Crippen LogP contribution in [0.5, 0.6) is 0 Å². The maximum atomic E-state index is 3.85. The van der Waals surface area contributed by atoms with Crippen molar-refractivity contribution in [2.75, 3.05) is 5.32 Å². The molecule has 1 N–H and O–H groups in total. The van der Waals surface area contributed by atoms with Crippen LogP contribution in [0.15, 0.2) is 66.4 Å². The monoisotopic (exact) mass is 247 g/mol. The fraction of sp³-hybridized carbons (Fsp3) is 0.167. The average molecular weight is 247 g/mol. The standard InChI is InChI=1S/C18H17N/c1-3-14-12-16-6-4-5-7-17(16)19-18(14)15-10-8-13(2)9-11-15/h4-11,18-19H,1,12H2,2H3. The van der Waals surface area contributed by atoms with Gasteiger partial charge in [-0.05, 0) is 24.1 Å². The Morgan fingerprint density at radius 2 is 1.84 bits per heavy atom. The van der Waals surface area contributed by atoms with E-state index in [9.17, 15) is 0 Å². The zero-order valence-corrected chi connectivity index (χ0v) is 11.1. The molecule has 0 spiro atoms. The van der Waals surface area contributed by atoms with E-state index in [1.807, 2.05) is 0 Å². The molecule has 0 amide bonds. The minimum atomic E-state index is 0.188. The molecule has 0 aliphatic carbocycles. The first-order chi connectivity index (χ1) is 9.28. The van der Waals surface area contributed by atoms with Gasteiger partial charge in [-0.3, -0.25) is 0 Å². The van der Waals surface area contributed by atoms with E-state index < -0.39 is 0 Å². The molecule has 1 aliphatic rings. The third-order valence-corrected chi connectivity index (χ3v) is 3.68. The van der Waals surface area contributed by atoms with E-state index in [1.165, 1.54) is 28.0 Å². The minimum Gasteiger partial charge on any atom is -0.374 e. The van der Waals surface area contributed by atoms with Gasteiger partial charge in [-0.25, -0.2) is 0 Å². The highest BCUT2D eigenvalue weighted by Gasteiger charge is 2.23. The van der Waals surface area contributed by atoms with Gasteiger partial charge in [0.05, 0.1) is 6.04 Å². The van der Waals surface area contributed by atoms with E-state index in [0.29, 0.717) is 0 Å². The van der Waals surface area contributed by atoms with Crippen LogP contribution in [0.3, 0.4) is 0 Å². The van der Waals surface area contributed by atoms with Gasteiger partial charge < -0.3 is 5.32 Å². The smallest absolute Gasteiger partial charge is 0.0804 e. The zero-order valence-electron chi connectivity index (χ0n) is 11.1. The molecule has 1 nitrogen and oxygen atoms in total. The fourth-order valence-electron chi connectivity index (χ4n) is 2.57. The second-order valence-electron chi connectivity index (χ2n) is 5.02. The molecule has 2 aromatic rings. The van der Waals surface area contributed by atoms with E-state index in [0.717, 1.165) is 6.42 Å². The van der Waals surface area contributed by atoms with Crippen LogP contribution < -0.4 is 5.32 Å². The summed E-state index contributed by atoms with van der Waals surface area (Å²) in [4.78, 5) is 0. The molecule has 1 heteroatoms. The van der Waals surface area contributed by atoms with Crippen LogP contribution in [0.1, 0.15) is 22.7 Å². The van der Waals surface area contributed by atoms with Crippen LogP contribution >= 0.6 is 0 Å². The van der Waals surface area contributed by atoms with Gasteiger partial charge in [0, 0.05) is 17.7 Å². The maximum Gasteiger partial charge on any atom is 0.0804 e. The Kier molecular flexibility index (Phi) is 2.98. The molecule has 1 unspecified atom stereocenters. The normalized spacial score (nSPS) is 17.3. The van der Waals surface area contributed by atoms with Crippen molar-refractivity contribution in [2.45, 2.75) is 19.4 Å². The van der Waals surface area contributed by atoms with Crippen molar-refractivity contribution >= 4 is 5.69 Å². The van der Waals surface area contributed by atoms with Crippen LogP contribution in [0.25, 0.3) is 0 Å². The average Bonchev–Trinajstić information content (AvgIpc) is 2.46. The van der Waals surface area contributed by atoms with Crippen molar-refractivity contribution in [2.24, 2.45) is 0 Å². The van der Waals surface area contributed by atoms with Gasteiger partial charge in [-0.15, -0.1) is 5.73 Å². The number of para-hydroxylation sites is 1. The molecule has 19 heavy (non-hydrogen) atoms. The second-order valence-corrected chi connectivity index (χ2v) is 5.02. The van der Waals surface area contributed by atoms with Crippen LogP contribution in [0.4, 0.5) is 5.69 Å². The Balaban J connectivity index is 2.02. The number of nitrogens with one attached hydrogen (secondary N) is 1. The summed E-state index contributed by atoms with van der Waals surface area (Å²) >= 11 is 0. The number of aryl methyl sites for hydroxylation is 1. The third-order valence-electron chi connectivity index (χ3n) is 3.68. The highest BCUT2D eigenvalue weighted by molar-refractivity contribution is 5.59. The fourth-order valence-corrected chi connectivity index (χ4v) is 2.57. The SMILES string of the molecule is C=C=C1Cc2ccccc2NC1c1ccc(C)cc1. The van der Waals surface area contributed by atoms with Gasteiger partial charge in [-0.2, -0.15) is 0 Å². The number of anilines is 1. The van der Waals surface area contributed by atoms with E-state index in [1.54, 1.807) is 0 Å². The van der Waals surface area contributed by atoms with Crippen molar-refractivity contribution in [1.29, 1.82) is 0 Å². The summed E-state index contributed by atoms with van der Waals surface area (Å²) in [5.74, 6) is 0. The van der Waals surface area contributed by atoms with Crippen LogP contribution in [0.2, 0.25) is 0 Å². The Morgan fingerprint density at radius 3 is 2.58 bits per heavy atom. The Hall–Kier alpha value is -2.24. The van der Waals surface area contributed by atoms with E-state index in [-0.39, 0.29) is 6.04 Å². The van der Waals surface area contributed by atoms with E-state index >= 15 is 0 Å². The lowest BCUT2D eigenvalue weighted by atomic mass is 9.89. The molecule has 0 saturated carbocycles. The van der Waals surface area contributed by atoms with E-state index in [2.05, 4.69) is 73.1 Å². The number of benzene rings is 2. The third kappa shape index (κ3) is 2.21. The number of fused-ring (bicyclic) bond motifs is 1. The molecular weight excluding hydrogens is 230 g/mol. The summed E-state index contributed by atoms with van der Waals surface area (Å²) in [7, 11) is 0. The van der Waals surface area contributed by atoms with Crippen LogP contribution in [0, 0.1) is 6.92 Å². The lowest BCUT2D eigenvalue weighted by Crippen LogP contribution is -2.20. The van der Waals surface area contributed by atoms with Crippen molar-refractivity contribution < 1.29 is 0 Å². The summed E-state index contributed by atoms with van der Waals surface area (Å²) in [6, 6.07) is 17.3. The molecule has 1 aliphatic heterocycles. The van der Waals surface area contributed by atoms with Gasteiger partial charge >= 0.3 is 0 Å². The topological polar surface area (TPSA) is 12.0 Å². The highest BCUT2D eigenvalue weighted by Crippen LogP contribution is 2.35. The summed E-state index contributed by atoms with van der Waals surface area (Å²) in [6.45, 7) is 5.96. The lowest BCUT2D eigenvalue weighted by molar-refractivity contribution is 0.837. The molecule has 1 heterocycles. The molecule has 0 bridgehead atoms. The molecule has 1 atom stereocenters. The van der Waals surface area contributed by atoms with Crippen molar-refractivity contribution in [3.8, 4) is 0 Å². The minimum absolute atomic E-state index is 0.188. The van der Waals surface area contributed by atoms with Crippen molar-refractivity contribution in [3.63, 3.8) is 0 Å². The van der Waals surface area contributed by atoms with Gasteiger partial charge in [0.25, 0.3) is 0 Å². The second kappa shape index (κ2) is 4.79. The maximum absolute atomic E-state index is 3.85. The predicted molar refractivity (Wildman–Crippen MR) is 80.3 cm³/mol. The van der Waals surface area contributed by atoms with Crippen LogP contribution in [-0.2, 0) is 6.42 Å². The van der Waals surface area contributed by atoms with Crippen molar-refractivity contribution in [3.05, 3.63) is 83.1 Å². The Labute approximate surface area is 114 Å². The highest BCUT2D eigenvalue weighted by atomic mass is 14.9. The first kappa shape index (κ1) is 11.8. The number of hydrogen-bond acceptors (Lipinski definition) is 1. The molecule has 0 saturated heterocycles. The molecule has 0 radical (unpaired) electrons.